The van der Waals surface area contributed by atoms with Gasteiger partial charge in [0.1, 0.15) is 6.61 Å². The molecule has 0 bridgehead atoms. The van der Waals surface area contributed by atoms with Crippen LogP contribution in [0.1, 0.15) is 6.92 Å². The van der Waals surface area contributed by atoms with Gasteiger partial charge in [0.2, 0.25) is 5.91 Å². The highest BCUT2D eigenvalue weighted by atomic mass is 16.5. The number of carbonyl (C=O) groups is 1. The molecule has 0 aromatic rings. The Kier molecular flexibility index (Phi) is 8.51. The first-order valence-electron chi connectivity index (χ1n) is 4.72. The lowest BCUT2D eigenvalue weighted by atomic mass is 10.4. The molecule has 2 N–H and O–H groups in total. The third-order valence-electron chi connectivity index (χ3n) is 1.62. The zero-order valence-corrected chi connectivity index (χ0v) is 9.13. The van der Waals surface area contributed by atoms with Gasteiger partial charge < -0.3 is 20.1 Å². The van der Waals surface area contributed by atoms with Gasteiger partial charge >= 0.3 is 0 Å². The first-order valence-corrected chi connectivity index (χ1v) is 4.72. The Bertz CT molecular complexity index is 153. The Morgan fingerprint density at radius 3 is 2.79 bits per heavy atom. The van der Waals surface area contributed by atoms with E-state index in [0.29, 0.717) is 13.2 Å². The predicted octanol–water partition coefficient (Wildman–Crippen LogP) is -0.626. The molecule has 0 aromatic carbocycles. The summed E-state index contributed by atoms with van der Waals surface area (Å²) in [5.74, 6) is -0.106. The van der Waals surface area contributed by atoms with E-state index in [1.807, 2.05) is 14.0 Å². The van der Waals surface area contributed by atoms with Gasteiger partial charge in [-0.1, -0.05) is 0 Å². The Hall–Kier alpha value is -0.650. The van der Waals surface area contributed by atoms with Gasteiger partial charge in [-0.05, 0) is 14.0 Å². The SMILES string of the molecule is CNCC(C)OCC(=O)NCCOC. The second-order valence-electron chi connectivity index (χ2n) is 3.02. The first kappa shape index (κ1) is 13.4. The van der Waals surface area contributed by atoms with E-state index in [1.54, 1.807) is 7.11 Å². The molecule has 1 amide bonds. The zero-order valence-electron chi connectivity index (χ0n) is 9.13. The first-order chi connectivity index (χ1) is 6.70. The molecule has 0 heterocycles. The number of ether oxygens (including phenoxy) is 2. The number of methoxy groups -OCH3 is 1. The van der Waals surface area contributed by atoms with Crippen LogP contribution in [-0.4, -0.2) is 52.5 Å². The van der Waals surface area contributed by atoms with E-state index in [-0.39, 0.29) is 18.6 Å². The van der Waals surface area contributed by atoms with Crippen LogP contribution in [0.4, 0.5) is 0 Å². The number of carbonyl (C=O) groups excluding carboxylic acids is 1. The standard InChI is InChI=1S/C9H20N2O3/c1-8(6-10-2)14-7-9(12)11-4-5-13-3/h8,10H,4-7H2,1-3H3,(H,11,12). The normalized spacial score (nSPS) is 12.5. The van der Waals surface area contributed by atoms with Crippen molar-refractivity contribution in [2.45, 2.75) is 13.0 Å². The molecule has 0 aromatic heterocycles. The lowest BCUT2D eigenvalue weighted by Crippen LogP contribution is -2.33. The summed E-state index contributed by atoms with van der Waals surface area (Å²) in [5, 5.41) is 5.64. The monoisotopic (exact) mass is 204 g/mol. The van der Waals surface area contributed by atoms with Crippen LogP contribution in [0.15, 0.2) is 0 Å². The molecule has 0 saturated heterocycles. The molecule has 5 heteroatoms. The highest BCUT2D eigenvalue weighted by Gasteiger charge is 2.04. The third kappa shape index (κ3) is 7.97. The maximum absolute atomic E-state index is 11.1. The van der Waals surface area contributed by atoms with Crippen molar-refractivity contribution in [3.8, 4) is 0 Å². The summed E-state index contributed by atoms with van der Waals surface area (Å²) in [6, 6.07) is 0. The van der Waals surface area contributed by atoms with E-state index in [1.165, 1.54) is 0 Å². The van der Waals surface area contributed by atoms with Gasteiger partial charge in [-0.2, -0.15) is 0 Å². The largest absolute Gasteiger partial charge is 0.383 e. The van der Waals surface area contributed by atoms with Crippen LogP contribution >= 0.6 is 0 Å². The molecular weight excluding hydrogens is 184 g/mol. The zero-order chi connectivity index (χ0) is 10.8. The van der Waals surface area contributed by atoms with Gasteiger partial charge in [-0.3, -0.25) is 4.79 Å². The molecule has 1 atom stereocenters. The van der Waals surface area contributed by atoms with Crippen LogP contribution < -0.4 is 10.6 Å². The lowest BCUT2D eigenvalue weighted by molar-refractivity contribution is -0.127. The number of likely N-dealkylation sites (N-methyl/N-ethyl adjacent to an activating group) is 1. The molecule has 0 spiro atoms. The van der Waals surface area contributed by atoms with E-state index in [2.05, 4.69) is 10.6 Å². The maximum Gasteiger partial charge on any atom is 0.246 e. The van der Waals surface area contributed by atoms with Crippen LogP contribution in [-0.2, 0) is 14.3 Å². The van der Waals surface area contributed by atoms with E-state index < -0.39 is 0 Å². The maximum atomic E-state index is 11.1. The molecule has 0 aliphatic carbocycles. The summed E-state index contributed by atoms with van der Waals surface area (Å²) in [6.07, 6.45) is 0.0492. The van der Waals surface area contributed by atoms with Crippen LogP contribution in [0, 0.1) is 0 Å². The molecule has 14 heavy (non-hydrogen) atoms. The van der Waals surface area contributed by atoms with Crippen molar-refractivity contribution >= 4 is 5.91 Å². The highest BCUT2D eigenvalue weighted by molar-refractivity contribution is 5.77. The molecule has 0 aliphatic rings. The number of hydrogen-bond donors (Lipinski definition) is 2. The van der Waals surface area contributed by atoms with E-state index in [4.69, 9.17) is 9.47 Å². The van der Waals surface area contributed by atoms with Gasteiger partial charge in [-0.15, -0.1) is 0 Å². The minimum Gasteiger partial charge on any atom is -0.383 e. The molecule has 5 nitrogen and oxygen atoms in total. The molecule has 0 rings (SSSR count). The Labute approximate surface area is 85.1 Å². The van der Waals surface area contributed by atoms with Crippen molar-refractivity contribution in [1.82, 2.24) is 10.6 Å². The van der Waals surface area contributed by atoms with Crippen molar-refractivity contribution in [2.24, 2.45) is 0 Å². The fourth-order valence-electron chi connectivity index (χ4n) is 0.908. The Morgan fingerprint density at radius 1 is 1.50 bits per heavy atom. The van der Waals surface area contributed by atoms with Crippen molar-refractivity contribution < 1.29 is 14.3 Å². The molecule has 1 unspecified atom stereocenters. The quantitative estimate of drug-likeness (QED) is 0.517. The minimum atomic E-state index is -0.106. The van der Waals surface area contributed by atoms with Gasteiger partial charge in [-0.25, -0.2) is 0 Å². The van der Waals surface area contributed by atoms with Crippen molar-refractivity contribution in [3.05, 3.63) is 0 Å². The predicted molar refractivity (Wildman–Crippen MR) is 54.2 cm³/mol. The lowest BCUT2D eigenvalue weighted by Gasteiger charge is -2.11. The Balaban J connectivity index is 3.34. The van der Waals surface area contributed by atoms with Gasteiger partial charge in [0.05, 0.1) is 12.7 Å². The average Bonchev–Trinajstić information content (AvgIpc) is 2.16. The summed E-state index contributed by atoms with van der Waals surface area (Å²) in [6.45, 7) is 3.81. The number of amides is 1. The van der Waals surface area contributed by atoms with E-state index in [0.717, 1.165) is 6.54 Å². The topological polar surface area (TPSA) is 59.6 Å². The smallest absolute Gasteiger partial charge is 0.246 e. The second-order valence-corrected chi connectivity index (χ2v) is 3.02. The van der Waals surface area contributed by atoms with Gasteiger partial charge in [0.25, 0.3) is 0 Å². The summed E-state index contributed by atoms with van der Waals surface area (Å²) in [5.41, 5.74) is 0. The molecular formula is C9H20N2O3. The molecule has 0 aliphatic heterocycles. The fraction of sp³-hybridized carbons (Fsp3) is 0.889. The van der Waals surface area contributed by atoms with Crippen LogP contribution in [0.3, 0.4) is 0 Å². The van der Waals surface area contributed by atoms with Crippen molar-refractivity contribution in [2.75, 3.05) is 40.5 Å². The van der Waals surface area contributed by atoms with Crippen LogP contribution in [0.25, 0.3) is 0 Å². The van der Waals surface area contributed by atoms with Gasteiger partial charge in [0.15, 0.2) is 0 Å². The summed E-state index contributed by atoms with van der Waals surface area (Å²) < 4.78 is 10.1. The van der Waals surface area contributed by atoms with Crippen LogP contribution in [0.2, 0.25) is 0 Å². The average molecular weight is 204 g/mol. The summed E-state index contributed by atoms with van der Waals surface area (Å²) in [7, 11) is 3.44. The van der Waals surface area contributed by atoms with Crippen molar-refractivity contribution in [1.29, 1.82) is 0 Å². The highest BCUT2D eigenvalue weighted by Crippen LogP contribution is 1.87. The van der Waals surface area contributed by atoms with E-state index in [9.17, 15) is 4.79 Å². The molecule has 0 radical (unpaired) electrons. The van der Waals surface area contributed by atoms with Gasteiger partial charge in [0, 0.05) is 20.2 Å². The minimum absolute atomic E-state index is 0.0492. The molecule has 84 valence electrons. The summed E-state index contributed by atoms with van der Waals surface area (Å²) >= 11 is 0. The fourth-order valence-corrected chi connectivity index (χ4v) is 0.908. The Morgan fingerprint density at radius 2 is 2.21 bits per heavy atom. The number of hydrogen-bond acceptors (Lipinski definition) is 4. The van der Waals surface area contributed by atoms with Crippen LogP contribution in [0.5, 0.6) is 0 Å². The second kappa shape index (κ2) is 8.93. The number of rotatable bonds is 8. The summed E-state index contributed by atoms with van der Waals surface area (Å²) in [4.78, 5) is 11.1. The van der Waals surface area contributed by atoms with Crippen molar-refractivity contribution in [3.63, 3.8) is 0 Å². The van der Waals surface area contributed by atoms with E-state index >= 15 is 0 Å². The third-order valence-corrected chi connectivity index (χ3v) is 1.62. The number of nitrogens with one attached hydrogen (secondary N) is 2. The molecule has 0 saturated carbocycles. The molecule has 0 fully saturated rings.